The number of para-hydroxylation sites is 1. The Morgan fingerprint density at radius 1 is 1.32 bits per heavy atom. The summed E-state index contributed by atoms with van der Waals surface area (Å²) in [7, 11) is 1.64. The van der Waals surface area contributed by atoms with E-state index in [2.05, 4.69) is 0 Å². The molecular formula is C22H24N2O3S. The van der Waals surface area contributed by atoms with Crippen LogP contribution in [0.25, 0.3) is 10.2 Å². The van der Waals surface area contributed by atoms with Crippen LogP contribution in [0.2, 0.25) is 0 Å². The summed E-state index contributed by atoms with van der Waals surface area (Å²) in [5, 5.41) is 0.681. The summed E-state index contributed by atoms with van der Waals surface area (Å²) >= 11 is 1.51. The zero-order chi connectivity index (χ0) is 19.7. The number of nitrogens with zero attached hydrogens (tertiary/aromatic N) is 2. The van der Waals surface area contributed by atoms with Crippen LogP contribution < -0.4 is 9.64 Å². The third-order valence-electron chi connectivity index (χ3n) is 5.10. The van der Waals surface area contributed by atoms with Crippen LogP contribution in [0.15, 0.2) is 36.4 Å². The van der Waals surface area contributed by atoms with Gasteiger partial charge in [0.25, 0.3) is 5.91 Å². The molecule has 0 saturated carbocycles. The zero-order valence-electron chi connectivity index (χ0n) is 16.4. The van der Waals surface area contributed by atoms with Gasteiger partial charge in [-0.25, -0.2) is 4.98 Å². The molecule has 146 valence electrons. The average Bonchev–Trinajstić information content (AvgIpc) is 3.36. The maximum absolute atomic E-state index is 13.5. The quantitative estimate of drug-likeness (QED) is 0.625. The van der Waals surface area contributed by atoms with E-state index in [1.54, 1.807) is 12.0 Å². The standard InChI is InChI=1S/C22H24N2O3S/c1-14-9-10-15(2)17(12-14)21(25)24(13-16-6-5-11-27-16)22-23-20-18(26-3)7-4-8-19(20)28-22/h4,7-10,12,16H,5-6,11,13H2,1-3H3. The number of fused-ring (bicyclic) bond motifs is 1. The number of benzene rings is 2. The first kappa shape index (κ1) is 18.9. The van der Waals surface area contributed by atoms with Crippen LogP contribution in [0.4, 0.5) is 5.13 Å². The van der Waals surface area contributed by atoms with Gasteiger partial charge in [-0.05, 0) is 50.5 Å². The van der Waals surface area contributed by atoms with E-state index in [1.807, 2.05) is 50.2 Å². The highest BCUT2D eigenvalue weighted by molar-refractivity contribution is 7.22. The van der Waals surface area contributed by atoms with Crippen molar-refractivity contribution in [2.24, 2.45) is 0 Å². The van der Waals surface area contributed by atoms with Gasteiger partial charge in [-0.1, -0.05) is 35.1 Å². The molecule has 5 nitrogen and oxygen atoms in total. The summed E-state index contributed by atoms with van der Waals surface area (Å²) in [5.74, 6) is 0.686. The zero-order valence-corrected chi connectivity index (χ0v) is 17.2. The third-order valence-corrected chi connectivity index (χ3v) is 6.14. The molecule has 1 amide bonds. The second-order valence-corrected chi connectivity index (χ2v) is 8.18. The largest absolute Gasteiger partial charge is 0.494 e. The van der Waals surface area contributed by atoms with Gasteiger partial charge in [0.2, 0.25) is 0 Å². The van der Waals surface area contributed by atoms with E-state index in [-0.39, 0.29) is 12.0 Å². The van der Waals surface area contributed by atoms with Gasteiger partial charge in [0.05, 0.1) is 24.5 Å². The molecule has 1 saturated heterocycles. The molecule has 0 radical (unpaired) electrons. The lowest BCUT2D eigenvalue weighted by Crippen LogP contribution is -2.37. The summed E-state index contributed by atoms with van der Waals surface area (Å²) in [6, 6.07) is 11.8. The normalized spacial score (nSPS) is 16.5. The van der Waals surface area contributed by atoms with Crippen molar-refractivity contribution in [1.82, 2.24) is 4.98 Å². The molecule has 1 atom stereocenters. The van der Waals surface area contributed by atoms with E-state index >= 15 is 0 Å². The first-order valence-corrected chi connectivity index (χ1v) is 10.3. The Balaban J connectivity index is 1.77. The minimum absolute atomic E-state index is 0.0327. The van der Waals surface area contributed by atoms with Crippen molar-refractivity contribution in [3.63, 3.8) is 0 Å². The molecular weight excluding hydrogens is 372 g/mol. The second kappa shape index (κ2) is 7.89. The number of hydrogen-bond donors (Lipinski definition) is 0. The van der Waals surface area contributed by atoms with Crippen LogP contribution >= 0.6 is 11.3 Å². The van der Waals surface area contributed by atoms with Crippen molar-refractivity contribution < 1.29 is 14.3 Å². The van der Waals surface area contributed by atoms with Crippen LogP contribution in [0.5, 0.6) is 5.75 Å². The Labute approximate surface area is 168 Å². The summed E-state index contributed by atoms with van der Waals surface area (Å²) in [6.45, 7) is 5.24. The molecule has 2 heterocycles. The number of methoxy groups -OCH3 is 1. The molecule has 1 fully saturated rings. The van der Waals surface area contributed by atoms with Gasteiger partial charge in [-0.15, -0.1) is 0 Å². The summed E-state index contributed by atoms with van der Waals surface area (Å²) < 4.78 is 12.3. The average molecular weight is 397 g/mol. The van der Waals surface area contributed by atoms with Crippen molar-refractivity contribution in [2.75, 3.05) is 25.2 Å². The smallest absolute Gasteiger partial charge is 0.260 e. The Morgan fingerprint density at radius 3 is 2.93 bits per heavy atom. The van der Waals surface area contributed by atoms with Gasteiger partial charge in [0.15, 0.2) is 5.13 Å². The first-order chi connectivity index (χ1) is 13.6. The van der Waals surface area contributed by atoms with Gasteiger partial charge in [0.1, 0.15) is 11.3 Å². The third kappa shape index (κ3) is 3.62. The summed E-state index contributed by atoms with van der Waals surface area (Å²) in [5.41, 5.74) is 3.53. The van der Waals surface area contributed by atoms with E-state index in [0.29, 0.717) is 17.2 Å². The molecule has 28 heavy (non-hydrogen) atoms. The minimum Gasteiger partial charge on any atom is -0.494 e. The number of aryl methyl sites for hydroxylation is 2. The van der Waals surface area contributed by atoms with Gasteiger partial charge < -0.3 is 9.47 Å². The van der Waals surface area contributed by atoms with Crippen molar-refractivity contribution >= 4 is 32.6 Å². The lowest BCUT2D eigenvalue weighted by Gasteiger charge is -2.24. The van der Waals surface area contributed by atoms with Crippen LogP contribution in [0.1, 0.15) is 34.3 Å². The van der Waals surface area contributed by atoms with E-state index < -0.39 is 0 Å². The van der Waals surface area contributed by atoms with Crippen molar-refractivity contribution in [3.8, 4) is 5.75 Å². The fourth-order valence-electron chi connectivity index (χ4n) is 3.54. The van der Waals surface area contributed by atoms with Crippen LogP contribution in [-0.4, -0.2) is 37.3 Å². The molecule has 0 N–H and O–H groups in total. The maximum atomic E-state index is 13.5. The molecule has 3 aromatic rings. The number of anilines is 1. The molecule has 1 unspecified atom stereocenters. The number of aromatic nitrogens is 1. The number of amides is 1. The highest BCUT2D eigenvalue weighted by Crippen LogP contribution is 2.35. The molecule has 0 aliphatic carbocycles. The number of rotatable bonds is 5. The van der Waals surface area contributed by atoms with Crippen LogP contribution in [-0.2, 0) is 4.74 Å². The number of carbonyl (C=O) groups is 1. The number of ether oxygens (including phenoxy) is 2. The molecule has 1 aliphatic heterocycles. The Morgan fingerprint density at radius 2 is 2.18 bits per heavy atom. The number of hydrogen-bond acceptors (Lipinski definition) is 5. The summed E-state index contributed by atoms with van der Waals surface area (Å²) in [4.78, 5) is 20.1. The van der Waals surface area contributed by atoms with Crippen molar-refractivity contribution in [1.29, 1.82) is 0 Å². The topological polar surface area (TPSA) is 51.7 Å². The van der Waals surface area contributed by atoms with E-state index in [4.69, 9.17) is 14.5 Å². The van der Waals surface area contributed by atoms with Crippen LogP contribution in [0.3, 0.4) is 0 Å². The molecule has 6 heteroatoms. The molecule has 0 spiro atoms. The molecule has 2 aromatic carbocycles. The molecule has 1 aliphatic rings. The Bertz CT molecular complexity index is 1010. The number of thiazole rings is 1. The SMILES string of the molecule is COc1cccc2sc(N(CC3CCCO3)C(=O)c3cc(C)ccc3C)nc12. The van der Waals surface area contributed by atoms with Crippen molar-refractivity contribution in [3.05, 3.63) is 53.1 Å². The summed E-state index contributed by atoms with van der Waals surface area (Å²) in [6.07, 6.45) is 2.04. The van der Waals surface area contributed by atoms with E-state index in [1.165, 1.54) is 11.3 Å². The van der Waals surface area contributed by atoms with E-state index in [9.17, 15) is 4.79 Å². The monoisotopic (exact) mass is 396 g/mol. The predicted molar refractivity (Wildman–Crippen MR) is 113 cm³/mol. The van der Waals surface area contributed by atoms with Crippen LogP contribution in [0, 0.1) is 13.8 Å². The van der Waals surface area contributed by atoms with Gasteiger partial charge in [-0.3, -0.25) is 9.69 Å². The molecule has 4 rings (SSSR count). The first-order valence-electron chi connectivity index (χ1n) is 9.51. The fraction of sp³-hybridized carbons (Fsp3) is 0.364. The van der Waals surface area contributed by atoms with Gasteiger partial charge in [0, 0.05) is 12.2 Å². The molecule has 0 bridgehead atoms. The Kier molecular flexibility index (Phi) is 5.33. The highest BCUT2D eigenvalue weighted by atomic mass is 32.1. The number of carbonyl (C=O) groups excluding carboxylic acids is 1. The minimum atomic E-state index is -0.0327. The second-order valence-electron chi connectivity index (χ2n) is 7.17. The van der Waals surface area contributed by atoms with Crippen molar-refractivity contribution in [2.45, 2.75) is 32.8 Å². The predicted octanol–water partition coefficient (Wildman–Crippen LogP) is 4.75. The lowest BCUT2D eigenvalue weighted by molar-refractivity contribution is 0.0917. The van der Waals surface area contributed by atoms with E-state index in [0.717, 1.165) is 46.5 Å². The lowest BCUT2D eigenvalue weighted by atomic mass is 10.0. The van der Waals surface area contributed by atoms with Gasteiger partial charge in [-0.2, -0.15) is 0 Å². The van der Waals surface area contributed by atoms with Gasteiger partial charge >= 0.3 is 0 Å². The maximum Gasteiger partial charge on any atom is 0.260 e. The molecule has 1 aromatic heterocycles. The fourth-order valence-corrected chi connectivity index (χ4v) is 4.53. The Hall–Kier alpha value is -2.44. The highest BCUT2D eigenvalue weighted by Gasteiger charge is 2.28.